The molecule has 0 fully saturated rings. The molecule has 0 atom stereocenters. The number of nitrogens with zero attached hydrogens (tertiary/aromatic N) is 3. The zero-order valence-corrected chi connectivity index (χ0v) is 14.8. The maximum atomic E-state index is 13.2. The van der Waals surface area contributed by atoms with Crippen LogP contribution in [0.25, 0.3) is 20.5 Å². The van der Waals surface area contributed by atoms with Crippen LogP contribution in [-0.4, -0.2) is 21.1 Å². The first-order chi connectivity index (χ1) is 12.6. The van der Waals surface area contributed by atoms with Crippen LogP contribution in [0.5, 0.6) is 0 Å². The zero-order chi connectivity index (χ0) is 18.1. The minimum atomic E-state index is -0.660. The lowest BCUT2D eigenvalue weighted by molar-refractivity contribution is 0.0996. The fraction of sp³-hybridized carbons (Fsp3) is 0.0588. The van der Waals surface area contributed by atoms with Crippen LogP contribution in [0.4, 0.5) is 10.2 Å². The Morgan fingerprint density at radius 1 is 1.27 bits per heavy atom. The van der Waals surface area contributed by atoms with Gasteiger partial charge in [-0.15, -0.1) is 21.5 Å². The number of carbonyl (C=O) groups excluding carboxylic acids is 1. The second-order valence-corrected chi connectivity index (χ2v) is 7.24. The molecule has 26 heavy (non-hydrogen) atoms. The Bertz CT molecular complexity index is 1060. The average molecular weight is 386 g/mol. The van der Waals surface area contributed by atoms with Crippen LogP contribution in [0.2, 0.25) is 0 Å². The molecular weight excluding hydrogens is 375 g/mol. The van der Waals surface area contributed by atoms with E-state index < -0.39 is 5.91 Å². The smallest absolute Gasteiger partial charge is 0.270 e. The number of nitrogens with two attached hydrogens (primary N) is 1. The quantitative estimate of drug-likeness (QED) is 0.681. The van der Waals surface area contributed by atoms with E-state index >= 15 is 0 Å². The Hall–Kier alpha value is -2.78. The normalized spacial score (nSPS) is 15.3. The van der Waals surface area contributed by atoms with Gasteiger partial charge in [0.2, 0.25) is 0 Å². The highest BCUT2D eigenvalue weighted by molar-refractivity contribution is 8.10. The molecule has 3 aromatic rings. The number of amides is 1. The minimum absolute atomic E-state index is 0.0924. The summed E-state index contributed by atoms with van der Waals surface area (Å²) in [5, 5.41) is 9.40. The van der Waals surface area contributed by atoms with Gasteiger partial charge in [-0.05, 0) is 29.8 Å². The molecule has 0 saturated heterocycles. The molecule has 0 aliphatic carbocycles. The summed E-state index contributed by atoms with van der Waals surface area (Å²) in [7, 11) is 0. The Labute approximate surface area is 155 Å². The van der Waals surface area contributed by atoms with Gasteiger partial charge in [0.05, 0.1) is 11.0 Å². The number of rotatable bonds is 3. The summed E-state index contributed by atoms with van der Waals surface area (Å²) in [5.41, 5.74) is 6.34. The van der Waals surface area contributed by atoms with Gasteiger partial charge in [-0.2, -0.15) is 0 Å². The van der Waals surface area contributed by atoms with Crippen molar-refractivity contribution < 1.29 is 13.4 Å². The van der Waals surface area contributed by atoms with Gasteiger partial charge in [0, 0.05) is 16.7 Å². The van der Waals surface area contributed by atoms with Gasteiger partial charge in [-0.3, -0.25) is 4.79 Å². The molecule has 3 heterocycles. The van der Waals surface area contributed by atoms with Gasteiger partial charge >= 0.3 is 0 Å². The highest BCUT2D eigenvalue weighted by Crippen LogP contribution is 2.38. The predicted octanol–water partition coefficient (Wildman–Crippen LogP) is 4.21. The molecule has 9 heteroatoms. The van der Waals surface area contributed by atoms with E-state index in [2.05, 4.69) is 15.2 Å². The van der Waals surface area contributed by atoms with Gasteiger partial charge in [-0.1, -0.05) is 12.1 Å². The standard InChI is InChI=1S/C17H11FN4O2S2/c18-10-5-3-9(4-6-10)12-8-11-15(25-12)14(16(19)23)21-22-17(11)20-13-2-1-7-24-26-13/h1,3-8H,2H2,(H2,19,23). The molecule has 130 valence electrons. The second-order valence-electron chi connectivity index (χ2n) is 5.36. The summed E-state index contributed by atoms with van der Waals surface area (Å²) < 4.78 is 19.0. The van der Waals surface area contributed by atoms with Crippen LogP contribution in [0.1, 0.15) is 16.9 Å². The van der Waals surface area contributed by atoms with Gasteiger partial charge in [0.1, 0.15) is 22.9 Å². The third-order valence-electron chi connectivity index (χ3n) is 3.61. The number of fused-ring (bicyclic) bond motifs is 1. The largest absolute Gasteiger partial charge is 0.427 e. The summed E-state index contributed by atoms with van der Waals surface area (Å²) in [6, 6.07) is 7.97. The van der Waals surface area contributed by atoms with Crippen molar-refractivity contribution in [2.24, 2.45) is 10.7 Å². The SMILES string of the molecule is NC(=O)c1nnc(N=C2CC=COS2)c2cc(-c3ccc(F)cc3)sc12. The number of hydrogen-bond acceptors (Lipinski definition) is 7. The van der Waals surface area contributed by atoms with Crippen LogP contribution in [-0.2, 0) is 4.18 Å². The van der Waals surface area contributed by atoms with E-state index in [1.807, 2.05) is 12.1 Å². The molecule has 0 bridgehead atoms. The van der Waals surface area contributed by atoms with Crippen molar-refractivity contribution in [2.75, 3.05) is 0 Å². The maximum Gasteiger partial charge on any atom is 0.270 e. The van der Waals surface area contributed by atoms with Gasteiger partial charge in [0.15, 0.2) is 11.5 Å². The summed E-state index contributed by atoms with van der Waals surface area (Å²) >= 11 is 2.49. The lowest BCUT2D eigenvalue weighted by Crippen LogP contribution is -2.13. The Balaban J connectivity index is 1.88. The number of allylic oxidation sites excluding steroid dienone is 1. The van der Waals surface area contributed by atoms with Crippen LogP contribution in [0.3, 0.4) is 0 Å². The number of thiophene rings is 1. The first-order valence-electron chi connectivity index (χ1n) is 7.53. The van der Waals surface area contributed by atoms with Gasteiger partial charge < -0.3 is 9.92 Å². The van der Waals surface area contributed by atoms with E-state index in [1.54, 1.807) is 18.4 Å². The fourth-order valence-electron chi connectivity index (χ4n) is 2.42. The lowest BCUT2D eigenvalue weighted by Gasteiger charge is -2.06. The molecule has 0 unspecified atom stereocenters. The van der Waals surface area contributed by atoms with E-state index in [-0.39, 0.29) is 11.5 Å². The first-order valence-corrected chi connectivity index (χ1v) is 9.09. The van der Waals surface area contributed by atoms with Crippen molar-refractivity contribution in [1.29, 1.82) is 0 Å². The highest BCUT2D eigenvalue weighted by atomic mass is 32.2. The van der Waals surface area contributed by atoms with Gasteiger partial charge in [-0.25, -0.2) is 9.38 Å². The lowest BCUT2D eigenvalue weighted by atomic mass is 10.1. The second kappa shape index (κ2) is 6.85. The molecule has 0 radical (unpaired) electrons. The predicted molar refractivity (Wildman–Crippen MR) is 101 cm³/mol. The molecule has 0 saturated carbocycles. The van der Waals surface area contributed by atoms with Crippen LogP contribution in [0.15, 0.2) is 47.7 Å². The van der Waals surface area contributed by atoms with Crippen molar-refractivity contribution in [2.45, 2.75) is 6.42 Å². The van der Waals surface area contributed by atoms with Crippen LogP contribution < -0.4 is 5.73 Å². The molecule has 6 nitrogen and oxygen atoms in total. The Morgan fingerprint density at radius 3 is 2.77 bits per heavy atom. The average Bonchev–Trinajstić information content (AvgIpc) is 3.09. The molecule has 2 N–H and O–H groups in total. The monoisotopic (exact) mass is 386 g/mol. The topological polar surface area (TPSA) is 90.5 Å². The molecule has 1 aromatic carbocycles. The number of halogens is 1. The van der Waals surface area contributed by atoms with Crippen molar-refractivity contribution in [1.82, 2.24) is 10.2 Å². The summed E-state index contributed by atoms with van der Waals surface area (Å²) in [6.45, 7) is 0. The number of aliphatic imine (C=N–C) groups is 1. The van der Waals surface area contributed by atoms with Crippen molar-refractivity contribution >= 4 is 50.2 Å². The van der Waals surface area contributed by atoms with E-state index in [0.717, 1.165) is 27.5 Å². The fourth-order valence-corrected chi connectivity index (χ4v) is 4.10. The van der Waals surface area contributed by atoms with E-state index in [9.17, 15) is 9.18 Å². The number of benzene rings is 1. The van der Waals surface area contributed by atoms with Crippen molar-refractivity contribution in [3.05, 3.63) is 54.2 Å². The third kappa shape index (κ3) is 3.18. The number of aromatic nitrogens is 2. The molecule has 4 rings (SSSR count). The van der Waals surface area contributed by atoms with Crippen molar-refractivity contribution in [3.63, 3.8) is 0 Å². The first kappa shape index (κ1) is 16.7. The summed E-state index contributed by atoms with van der Waals surface area (Å²) in [5.74, 6) is -0.589. The zero-order valence-electron chi connectivity index (χ0n) is 13.2. The van der Waals surface area contributed by atoms with E-state index in [1.165, 1.54) is 23.5 Å². The molecule has 1 amide bonds. The summed E-state index contributed by atoms with van der Waals surface area (Å²) in [4.78, 5) is 17.0. The Morgan fingerprint density at radius 2 is 2.08 bits per heavy atom. The van der Waals surface area contributed by atoms with Crippen molar-refractivity contribution in [3.8, 4) is 10.4 Å². The molecule has 2 aromatic heterocycles. The van der Waals surface area contributed by atoms with E-state index in [4.69, 9.17) is 9.92 Å². The molecular formula is C17H11FN4O2S2. The number of hydrogen-bond donors (Lipinski definition) is 1. The molecule has 0 spiro atoms. The molecule has 1 aliphatic rings. The van der Waals surface area contributed by atoms with Crippen LogP contribution in [0, 0.1) is 5.82 Å². The van der Waals surface area contributed by atoms with Crippen LogP contribution >= 0.6 is 23.4 Å². The molecule has 1 aliphatic heterocycles. The summed E-state index contributed by atoms with van der Waals surface area (Å²) in [6.07, 6.45) is 4.06. The number of carbonyl (C=O) groups is 1. The highest BCUT2D eigenvalue weighted by Gasteiger charge is 2.18. The van der Waals surface area contributed by atoms with Gasteiger partial charge in [0.25, 0.3) is 5.91 Å². The number of primary amides is 1. The van der Waals surface area contributed by atoms with E-state index in [0.29, 0.717) is 22.3 Å². The third-order valence-corrected chi connectivity index (χ3v) is 5.46. The maximum absolute atomic E-state index is 13.2. The Kier molecular flexibility index (Phi) is 4.39. The minimum Gasteiger partial charge on any atom is -0.427 e.